The minimum absolute atomic E-state index is 0.298. The quantitative estimate of drug-likeness (QED) is 0.843. The number of fused-ring (bicyclic) bond motifs is 1. The van der Waals surface area contributed by atoms with Crippen molar-refractivity contribution in [1.29, 1.82) is 0 Å². The van der Waals surface area contributed by atoms with Gasteiger partial charge >= 0.3 is 0 Å². The average Bonchev–Trinajstić information content (AvgIpc) is 3.22. The highest BCUT2D eigenvalue weighted by Crippen LogP contribution is 2.50. The van der Waals surface area contributed by atoms with Crippen molar-refractivity contribution in [3.8, 4) is 0 Å². The number of anilines is 1. The summed E-state index contributed by atoms with van der Waals surface area (Å²) < 4.78 is 6.11. The summed E-state index contributed by atoms with van der Waals surface area (Å²) in [7, 11) is 0. The Labute approximate surface area is 140 Å². The highest BCUT2D eigenvalue weighted by molar-refractivity contribution is 7.15. The minimum atomic E-state index is 0.298. The second-order valence-corrected chi connectivity index (χ2v) is 7.94. The SMILES string of the molecule is Cc1nnc(N2C[C@@H]3CCC[C@]3(COCc3ccncc3)C2)s1. The summed E-state index contributed by atoms with van der Waals surface area (Å²) in [6, 6.07) is 4.05. The van der Waals surface area contributed by atoms with Crippen LogP contribution in [0.15, 0.2) is 24.5 Å². The fourth-order valence-electron chi connectivity index (χ4n) is 4.06. The van der Waals surface area contributed by atoms with Crippen LogP contribution in [0.4, 0.5) is 5.13 Å². The molecular formula is C17H22N4OS. The first-order chi connectivity index (χ1) is 11.3. The molecule has 6 heteroatoms. The topological polar surface area (TPSA) is 51.1 Å². The maximum atomic E-state index is 6.11. The molecular weight excluding hydrogens is 308 g/mol. The second kappa shape index (κ2) is 6.17. The van der Waals surface area contributed by atoms with E-state index in [-0.39, 0.29) is 0 Å². The number of nitrogens with zero attached hydrogens (tertiary/aromatic N) is 4. The van der Waals surface area contributed by atoms with Gasteiger partial charge in [-0.3, -0.25) is 4.98 Å². The van der Waals surface area contributed by atoms with E-state index >= 15 is 0 Å². The molecule has 3 heterocycles. The van der Waals surface area contributed by atoms with Crippen LogP contribution in [0.1, 0.15) is 29.8 Å². The first kappa shape index (κ1) is 15.0. The van der Waals surface area contributed by atoms with Gasteiger partial charge in [0.25, 0.3) is 0 Å². The lowest BCUT2D eigenvalue weighted by Crippen LogP contribution is -2.32. The number of ether oxygens (including phenoxy) is 1. The molecule has 2 atom stereocenters. The molecule has 5 nitrogen and oxygen atoms in total. The van der Waals surface area contributed by atoms with Gasteiger partial charge in [-0.25, -0.2) is 0 Å². The maximum absolute atomic E-state index is 6.11. The van der Waals surface area contributed by atoms with Crippen LogP contribution in [0.2, 0.25) is 0 Å². The van der Waals surface area contributed by atoms with E-state index in [1.165, 1.54) is 24.8 Å². The molecule has 0 unspecified atom stereocenters. The van der Waals surface area contributed by atoms with Gasteiger partial charge in [0.15, 0.2) is 0 Å². The molecule has 4 rings (SSSR count). The van der Waals surface area contributed by atoms with E-state index in [2.05, 4.69) is 20.1 Å². The van der Waals surface area contributed by atoms with Crippen molar-refractivity contribution >= 4 is 16.5 Å². The summed E-state index contributed by atoms with van der Waals surface area (Å²) in [6.45, 7) is 5.70. The fourth-order valence-corrected chi connectivity index (χ4v) is 4.76. The van der Waals surface area contributed by atoms with Crippen LogP contribution >= 0.6 is 11.3 Å². The number of rotatable bonds is 5. The molecule has 2 aromatic rings. The summed E-state index contributed by atoms with van der Waals surface area (Å²) >= 11 is 1.70. The lowest BCUT2D eigenvalue weighted by Gasteiger charge is -2.28. The summed E-state index contributed by atoms with van der Waals surface area (Å²) in [5, 5.41) is 10.6. The van der Waals surface area contributed by atoms with E-state index in [9.17, 15) is 0 Å². The lowest BCUT2D eigenvalue weighted by molar-refractivity contribution is 0.0315. The Morgan fingerprint density at radius 1 is 1.35 bits per heavy atom. The van der Waals surface area contributed by atoms with Crippen LogP contribution in [0, 0.1) is 18.3 Å². The first-order valence-electron chi connectivity index (χ1n) is 8.27. The third kappa shape index (κ3) is 2.97. The highest BCUT2D eigenvalue weighted by atomic mass is 32.1. The summed E-state index contributed by atoms with van der Waals surface area (Å²) in [5.74, 6) is 0.726. The van der Waals surface area contributed by atoms with E-state index in [4.69, 9.17) is 4.74 Å². The van der Waals surface area contributed by atoms with Gasteiger partial charge in [-0.15, -0.1) is 10.2 Å². The van der Waals surface area contributed by atoms with Crippen LogP contribution < -0.4 is 4.90 Å². The lowest BCUT2D eigenvalue weighted by atomic mass is 9.81. The molecule has 122 valence electrons. The van der Waals surface area contributed by atoms with Gasteiger partial charge in [-0.1, -0.05) is 17.8 Å². The smallest absolute Gasteiger partial charge is 0.208 e. The predicted molar refractivity (Wildman–Crippen MR) is 90.5 cm³/mol. The van der Waals surface area contributed by atoms with Crippen LogP contribution in [-0.2, 0) is 11.3 Å². The monoisotopic (exact) mass is 330 g/mol. The molecule has 23 heavy (non-hydrogen) atoms. The average molecular weight is 330 g/mol. The molecule has 0 N–H and O–H groups in total. The third-order valence-corrected chi connectivity index (χ3v) is 6.13. The van der Waals surface area contributed by atoms with E-state index in [1.807, 2.05) is 31.5 Å². The number of pyridine rings is 1. The Morgan fingerprint density at radius 2 is 2.22 bits per heavy atom. The molecule has 0 spiro atoms. The molecule has 2 aliphatic rings. The van der Waals surface area contributed by atoms with Crippen LogP contribution in [-0.4, -0.2) is 34.9 Å². The first-order valence-corrected chi connectivity index (χ1v) is 9.09. The number of hydrogen-bond donors (Lipinski definition) is 0. The molecule has 1 saturated carbocycles. The van der Waals surface area contributed by atoms with Crippen molar-refractivity contribution < 1.29 is 4.74 Å². The Hall–Kier alpha value is -1.53. The van der Waals surface area contributed by atoms with Gasteiger partial charge < -0.3 is 9.64 Å². The van der Waals surface area contributed by atoms with E-state index in [1.54, 1.807) is 11.3 Å². The number of hydrogen-bond acceptors (Lipinski definition) is 6. The van der Waals surface area contributed by atoms with Crippen molar-refractivity contribution in [1.82, 2.24) is 15.2 Å². The zero-order chi connectivity index (χ0) is 15.7. The van der Waals surface area contributed by atoms with Crippen molar-refractivity contribution in [3.05, 3.63) is 35.1 Å². The van der Waals surface area contributed by atoms with Gasteiger partial charge in [-0.2, -0.15) is 0 Å². The summed E-state index contributed by atoms with van der Waals surface area (Å²) in [6.07, 6.45) is 7.55. The van der Waals surface area contributed by atoms with Crippen LogP contribution in [0.3, 0.4) is 0 Å². The van der Waals surface area contributed by atoms with Gasteiger partial charge in [-0.05, 0) is 43.4 Å². The molecule has 1 aliphatic carbocycles. The zero-order valence-electron chi connectivity index (χ0n) is 13.4. The maximum Gasteiger partial charge on any atom is 0.208 e. The van der Waals surface area contributed by atoms with Gasteiger partial charge in [0.05, 0.1) is 13.2 Å². The molecule has 1 aliphatic heterocycles. The number of aromatic nitrogens is 3. The fraction of sp³-hybridized carbons (Fsp3) is 0.588. The summed E-state index contributed by atoms with van der Waals surface area (Å²) in [4.78, 5) is 6.48. The molecule has 0 radical (unpaired) electrons. The van der Waals surface area contributed by atoms with E-state index < -0.39 is 0 Å². The standard InChI is InChI=1S/C17H22N4OS/c1-13-19-20-16(23-13)21-9-15-3-2-6-17(15,11-21)12-22-10-14-4-7-18-8-5-14/h4-5,7-8,15H,2-3,6,9-12H2,1H3/t15-,17+/m0/s1. The van der Waals surface area contributed by atoms with Crippen molar-refractivity contribution in [3.63, 3.8) is 0 Å². The predicted octanol–water partition coefficient (Wildman–Crippen LogP) is 3.06. The number of aryl methyl sites for hydroxylation is 1. The highest BCUT2D eigenvalue weighted by Gasteiger charge is 2.50. The van der Waals surface area contributed by atoms with Crippen molar-refractivity contribution in [2.75, 3.05) is 24.6 Å². The molecule has 2 fully saturated rings. The molecule has 2 aromatic heterocycles. The Bertz CT molecular complexity index is 662. The second-order valence-electron chi connectivity index (χ2n) is 6.78. The van der Waals surface area contributed by atoms with Crippen molar-refractivity contribution in [2.45, 2.75) is 32.8 Å². The molecule has 0 amide bonds. The molecule has 0 aromatic carbocycles. The minimum Gasteiger partial charge on any atom is -0.376 e. The van der Waals surface area contributed by atoms with E-state index in [0.29, 0.717) is 12.0 Å². The Balaban J connectivity index is 1.41. The Morgan fingerprint density at radius 3 is 3.00 bits per heavy atom. The van der Waals surface area contributed by atoms with Gasteiger partial charge in [0.2, 0.25) is 5.13 Å². The van der Waals surface area contributed by atoms with Gasteiger partial charge in [0.1, 0.15) is 5.01 Å². The van der Waals surface area contributed by atoms with E-state index in [0.717, 1.165) is 35.8 Å². The molecule has 1 saturated heterocycles. The van der Waals surface area contributed by atoms with Crippen LogP contribution in [0.25, 0.3) is 0 Å². The van der Waals surface area contributed by atoms with Crippen molar-refractivity contribution in [2.24, 2.45) is 11.3 Å². The van der Waals surface area contributed by atoms with Crippen LogP contribution in [0.5, 0.6) is 0 Å². The Kier molecular flexibility index (Phi) is 4.03. The van der Waals surface area contributed by atoms with Gasteiger partial charge in [0, 0.05) is 30.9 Å². The zero-order valence-corrected chi connectivity index (χ0v) is 14.3. The summed E-state index contributed by atoms with van der Waals surface area (Å²) in [5.41, 5.74) is 1.49. The largest absolute Gasteiger partial charge is 0.376 e. The third-order valence-electron chi connectivity index (χ3n) is 5.23. The molecule has 0 bridgehead atoms. The normalized spacial score (nSPS) is 26.7.